The summed E-state index contributed by atoms with van der Waals surface area (Å²) in [6.45, 7) is 17.9. The Kier molecular flexibility index (Phi) is 9.93. The van der Waals surface area contributed by atoms with Crippen LogP contribution in [-0.4, -0.2) is 19.3 Å². The molecule has 0 aliphatic carbocycles. The number of benzene rings is 4. The molecule has 3 heterocycles. The zero-order chi connectivity index (χ0) is 34.4. The zero-order valence-electron chi connectivity index (χ0n) is 30.1. The molecule has 0 spiro atoms. The molecular formula is C44H44N4OPt. The van der Waals surface area contributed by atoms with Gasteiger partial charge in [0, 0.05) is 34.5 Å². The Bertz CT molecular complexity index is 2290. The quantitative estimate of drug-likeness (QED) is 0.143. The first-order valence-electron chi connectivity index (χ1n) is 17.3. The van der Waals surface area contributed by atoms with Crippen LogP contribution in [-0.2, 0) is 27.5 Å². The van der Waals surface area contributed by atoms with E-state index in [2.05, 4.69) is 133 Å². The second kappa shape index (κ2) is 14.0. The molecule has 7 aromatic rings. The van der Waals surface area contributed by atoms with Gasteiger partial charge in [-0.1, -0.05) is 89.5 Å². The Balaban J connectivity index is 0.00000432. The molecule has 4 aromatic carbocycles. The first kappa shape index (κ1) is 35.4. The predicted molar refractivity (Wildman–Crippen MR) is 201 cm³/mol. The summed E-state index contributed by atoms with van der Waals surface area (Å²) < 4.78 is 10.7. The zero-order valence-corrected chi connectivity index (χ0v) is 32.4. The molecule has 5 nitrogen and oxygen atoms in total. The average molecular weight is 840 g/mol. The summed E-state index contributed by atoms with van der Waals surface area (Å²) in [6, 6.07) is 38.8. The number of nitrogens with zero attached hydrogens (tertiary/aromatic N) is 4. The van der Waals surface area contributed by atoms with Gasteiger partial charge in [-0.3, -0.25) is 4.68 Å². The van der Waals surface area contributed by atoms with E-state index in [0.29, 0.717) is 23.3 Å². The maximum absolute atomic E-state index is 6.49. The van der Waals surface area contributed by atoms with Crippen LogP contribution >= 0.6 is 0 Å². The standard InChI is InChI=1S/C44H44N4O.Pt/c1-28(2)23-32-21-22-45-42(24-32)47-40-20-17-34(29(3)44(6,7)8)25-39(40)38-19-18-37(27-41(38)47)49-36-16-12-15-35(26-36)48-31(5)43(30(4)46-48)33-13-10-9-11-14-33;/h9-22,24-25,28-29H,23H2,1-8H3;/q-2;+2. The number of aromatic nitrogens is 4. The van der Waals surface area contributed by atoms with Gasteiger partial charge >= 0.3 is 21.1 Å². The van der Waals surface area contributed by atoms with Crippen LogP contribution in [0.4, 0.5) is 0 Å². The molecule has 0 aliphatic rings. The van der Waals surface area contributed by atoms with Crippen molar-refractivity contribution in [2.75, 3.05) is 0 Å². The Morgan fingerprint density at radius 3 is 2.30 bits per heavy atom. The van der Waals surface area contributed by atoms with E-state index in [0.717, 1.165) is 56.9 Å². The van der Waals surface area contributed by atoms with Crippen LogP contribution in [0.25, 0.3) is 44.4 Å². The minimum Gasteiger partial charge on any atom is -0.509 e. The van der Waals surface area contributed by atoms with Gasteiger partial charge in [-0.25, -0.2) is 4.98 Å². The van der Waals surface area contributed by atoms with E-state index >= 15 is 0 Å². The maximum Gasteiger partial charge on any atom is 2.00 e. The van der Waals surface area contributed by atoms with Crippen LogP contribution < -0.4 is 4.74 Å². The van der Waals surface area contributed by atoms with Crippen molar-refractivity contribution in [3.05, 3.63) is 132 Å². The molecule has 3 aromatic heterocycles. The van der Waals surface area contributed by atoms with Gasteiger partial charge in [0.1, 0.15) is 5.82 Å². The van der Waals surface area contributed by atoms with Crippen molar-refractivity contribution in [2.24, 2.45) is 11.3 Å². The summed E-state index contributed by atoms with van der Waals surface area (Å²) >= 11 is 0. The van der Waals surface area contributed by atoms with Crippen molar-refractivity contribution in [3.63, 3.8) is 0 Å². The summed E-state index contributed by atoms with van der Waals surface area (Å²) in [4.78, 5) is 4.87. The van der Waals surface area contributed by atoms with E-state index in [1.54, 1.807) is 0 Å². The predicted octanol–water partition coefficient (Wildman–Crippen LogP) is 11.4. The third-order valence-corrected chi connectivity index (χ3v) is 9.71. The number of fused-ring (bicyclic) bond motifs is 3. The molecule has 6 heteroatoms. The average Bonchev–Trinajstić information content (AvgIpc) is 3.56. The second-order valence-corrected chi connectivity index (χ2v) is 14.7. The third-order valence-electron chi connectivity index (χ3n) is 9.71. The van der Waals surface area contributed by atoms with Gasteiger partial charge in [0.15, 0.2) is 0 Å². The van der Waals surface area contributed by atoms with E-state index in [-0.39, 0.29) is 26.5 Å². The molecule has 0 aliphatic heterocycles. The van der Waals surface area contributed by atoms with Crippen LogP contribution in [0.5, 0.6) is 11.5 Å². The van der Waals surface area contributed by atoms with Crippen LogP contribution in [0.2, 0.25) is 0 Å². The number of rotatable bonds is 8. The number of hydrogen-bond acceptors (Lipinski definition) is 3. The SMILES string of the molecule is Cc1nn(-c2[c-]c(Oc3[c-]c4c(cc3)c3cc(C(C)C(C)(C)C)ccc3n4-c3cc(CC(C)C)ccn3)ccc2)c(C)c1-c1ccccc1.[Pt+2]. The number of aryl methyl sites for hydroxylation is 1. The number of ether oxygens (including phenoxy) is 1. The fraction of sp³-hybridized carbons (Fsp3) is 0.273. The van der Waals surface area contributed by atoms with Gasteiger partial charge in [0.25, 0.3) is 0 Å². The third kappa shape index (κ3) is 6.81. The van der Waals surface area contributed by atoms with Crippen molar-refractivity contribution >= 4 is 21.8 Å². The van der Waals surface area contributed by atoms with E-state index in [1.165, 1.54) is 16.5 Å². The Labute approximate surface area is 310 Å². The summed E-state index contributed by atoms with van der Waals surface area (Å²) in [5.41, 5.74) is 9.92. The summed E-state index contributed by atoms with van der Waals surface area (Å²) in [6.07, 6.45) is 2.91. The smallest absolute Gasteiger partial charge is 0.509 e. The minimum atomic E-state index is 0. The molecule has 50 heavy (non-hydrogen) atoms. The Morgan fingerprint density at radius 2 is 1.56 bits per heavy atom. The van der Waals surface area contributed by atoms with E-state index in [4.69, 9.17) is 14.8 Å². The second-order valence-electron chi connectivity index (χ2n) is 14.7. The van der Waals surface area contributed by atoms with Crippen molar-refractivity contribution < 1.29 is 25.8 Å². The maximum atomic E-state index is 6.49. The summed E-state index contributed by atoms with van der Waals surface area (Å²) in [7, 11) is 0. The van der Waals surface area contributed by atoms with Gasteiger partial charge in [-0.15, -0.1) is 35.7 Å². The van der Waals surface area contributed by atoms with Gasteiger partial charge < -0.3 is 9.30 Å². The molecule has 0 amide bonds. The normalized spacial score (nSPS) is 12.4. The molecule has 256 valence electrons. The fourth-order valence-corrected chi connectivity index (χ4v) is 6.83. The van der Waals surface area contributed by atoms with E-state index in [1.807, 2.05) is 41.2 Å². The van der Waals surface area contributed by atoms with Gasteiger partial charge in [-0.05, 0) is 83.5 Å². The molecule has 0 N–H and O–H groups in total. The monoisotopic (exact) mass is 839 g/mol. The van der Waals surface area contributed by atoms with E-state index in [9.17, 15) is 0 Å². The van der Waals surface area contributed by atoms with Crippen molar-refractivity contribution in [3.8, 4) is 34.1 Å². The van der Waals surface area contributed by atoms with E-state index < -0.39 is 0 Å². The van der Waals surface area contributed by atoms with Crippen LogP contribution in [0.1, 0.15) is 70.0 Å². The molecule has 0 saturated carbocycles. The molecule has 0 bridgehead atoms. The molecule has 0 fully saturated rings. The van der Waals surface area contributed by atoms with Crippen LogP contribution in [0, 0.1) is 37.3 Å². The summed E-state index contributed by atoms with van der Waals surface area (Å²) in [5.74, 6) is 3.04. The molecule has 0 radical (unpaired) electrons. The molecule has 1 unspecified atom stereocenters. The largest absolute Gasteiger partial charge is 2.00 e. The van der Waals surface area contributed by atoms with Gasteiger partial charge in [-0.2, -0.15) is 17.2 Å². The first-order valence-corrected chi connectivity index (χ1v) is 17.3. The van der Waals surface area contributed by atoms with Crippen molar-refractivity contribution in [2.45, 2.75) is 67.7 Å². The number of pyridine rings is 1. The minimum absolute atomic E-state index is 0. The Morgan fingerprint density at radius 1 is 0.800 bits per heavy atom. The molecule has 0 saturated heterocycles. The van der Waals surface area contributed by atoms with Crippen LogP contribution in [0.15, 0.2) is 97.2 Å². The molecule has 7 rings (SSSR count). The summed E-state index contributed by atoms with van der Waals surface area (Å²) in [5, 5.41) is 7.20. The Hall–Kier alpha value is -4.47. The number of hydrogen-bond donors (Lipinski definition) is 0. The van der Waals surface area contributed by atoms with Gasteiger partial charge in [0.05, 0.1) is 5.69 Å². The fourth-order valence-electron chi connectivity index (χ4n) is 6.83. The van der Waals surface area contributed by atoms with Crippen molar-refractivity contribution in [1.29, 1.82) is 0 Å². The molecular weight excluding hydrogens is 796 g/mol. The van der Waals surface area contributed by atoms with Gasteiger partial charge in [0.2, 0.25) is 0 Å². The topological polar surface area (TPSA) is 44.9 Å². The first-order chi connectivity index (χ1) is 23.5. The van der Waals surface area contributed by atoms with Crippen molar-refractivity contribution in [1.82, 2.24) is 19.3 Å². The van der Waals surface area contributed by atoms with Crippen LogP contribution in [0.3, 0.4) is 0 Å². The molecule has 1 atom stereocenters.